The van der Waals surface area contributed by atoms with Gasteiger partial charge in [-0.2, -0.15) is 5.10 Å². The molecule has 6 nitrogen and oxygen atoms in total. The molecular weight excluding hydrogens is 324 g/mol. The number of carbonyl (C=O) groups excluding carboxylic acids is 1. The fourth-order valence-electron chi connectivity index (χ4n) is 3.16. The zero-order valence-corrected chi connectivity index (χ0v) is 14.7. The second kappa shape index (κ2) is 6.64. The molecule has 7 heteroatoms. The summed E-state index contributed by atoms with van der Waals surface area (Å²) in [6.45, 7) is 5.63. The van der Waals surface area contributed by atoms with Crippen molar-refractivity contribution < 1.29 is 9.53 Å². The summed E-state index contributed by atoms with van der Waals surface area (Å²) in [6.07, 6.45) is 4.63. The van der Waals surface area contributed by atoms with Gasteiger partial charge in [-0.3, -0.25) is 9.48 Å². The molecular formula is C17H22N4O2S. The molecule has 1 aliphatic heterocycles. The zero-order chi connectivity index (χ0) is 16.5. The molecule has 0 bridgehead atoms. The molecule has 1 saturated carbocycles. The highest BCUT2D eigenvalue weighted by molar-refractivity contribution is 7.07. The summed E-state index contributed by atoms with van der Waals surface area (Å²) in [7, 11) is 0. The van der Waals surface area contributed by atoms with Crippen molar-refractivity contribution in [2.45, 2.75) is 38.8 Å². The Morgan fingerprint density at radius 1 is 1.42 bits per heavy atom. The van der Waals surface area contributed by atoms with Gasteiger partial charge in [0.25, 0.3) is 5.91 Å². The zero-order valence-electron chi connectivity index (χ0n) is 13.9. The molecule has 2 aromatic rings. The van der Waals surface area contributed by atoms with Crippen molar-refractivity contribution in [1.29, 1.82) is 0 Å². The summed E-state index contributed by atoms with van der Waals surface area (Å²) in [5.41, 5.74) is 4.46. The van der Waals surface area contributed by atoms with Crippen LogP contribution in [0.25, 0.3) is 0 Å². The van der Waals surface area contributed by atoms with Gasteiger partial charge in [-0.1, -0.05) is 0 Å². The molecule has 1 aliphatic carbocycles. The van der Waals surface area contributed by atoms with Crippen LogP contribution in [0.15, 0.2) is 17.1 Å². The van der Waals surface area contributed by atoms with E-state index in [0.29, 0.717) is 25.4 Å². The summed E-state index contributed by atoms with van der Waals surface area (Å²) < 4.78 is 7.87. The second-order valence-corrected chi connectivity index (χ2v) is 7.35. The number of ether oxygens (including phenoxy) is 1. The molecule has 0 unspecified atom stereocenters. The quantitative estimate of drug-likeness (QED) is 0.806. The van der Waals surface area contributed by atoms with E-state index in [4.69, 9.17) is 9.84 Å². The average molecular weight is 346 g/mol. The summed E-state index contributed by atoms with van der Waals surface area (Å²) >= 11 is 1.45. The molecule has 1 atom stereocenters. The van der Waals surface area contributed by atoms with Gasteiger partial charge in [0.15, 0.2) is 0 Å². The Bertz CT molecular complexity index is 708. The lowest BCUT2D eigenvalue weighted by atomic mass is 9.97. The van der Waals surface area contributed by atoms with Crippen molar-refractivity contribution >= 4 is 17.2 Å². The highest BCUT2D eigenvalue weighted by Gasteiger charge is 2.32. The third-order valence-electron chi connectivity index (χ3n) is 4.69. The maximum Gasteiger partial charge on any atom is 0.273 e. The number of rotatable bonds is 6. The Morgan fingerprint density at radius 2 is 2.29 bits per heavy atom. The fourth-order valence-corrected chi connectivity index (χ4v) is 3.68. The molecule has 24 heavy (non-hydrogen) atoms. The van der Waals surface area contributed by atoms with E-state index in [1.165, 1.54) is 24.2 Å². The van der Waals surface area contributed by atoms with E-state index in [-0.39, 0.29) is 11.8 Å². The number of hydrogen-bond donors (Lipinski definition) is 0. The number of amides is 1. The van der Waals surface area contributed by atoms with E-state index in [0.717, 1.165) is 30.3 Å². The van der Waals surface area contributed by atoms with Crippen LogP contribution in [0.3, 0.4) is 0 Å². The van der Waals surface area contributed by atoms with E-state index >= 15 is 0 Å². The van der Waals surface area contributed by atoms with Crippen LogP contribution < -0.4 is 0 Å². The lowest BCUT2D eigenvalue weighted by Gasteiger charge is -2.31. The maximum atomic E-state index is 12.7. The van der Waals surface area contributed by atoms with E-state index in [1.54, 1.807) is 5.51 Å². The molecule has 0 radical (unpaired) electrons. The van der Waals surface area contributed by atoms with Crippen LogP contribution in [0.1, 0.15) is 47.4 Å². The van der Waals surface area contributed by atoms with Crippen molar-refractivity contribution in [3.63, 3.8) is 0 Å². The van der Waals surface area contributed by atoms with Gasteiger partial charge in [0.05, 0.1) is 17.8 Å². The lowest BCUT2D eigenvalue weighted by molar-refractivity contribution is 0.0621. The van der Waals surface area contributed by atoms with E-state index in [2.05, 4.69) is 18.1 Å². The Morgan fingerprint density at radius 3 is 3.00 bits per heavy atom. The molecule has 0 aromatic carbocycles. The van der Waals surface area contributed by atoms with Crippen molar-refractivity contribution in [3.05, 3.63) is 34.0 Å². The molecule has 1 amide bonds. The summed E-state index contributed by atoms with van der Waals surface area (Å²) in [5, 5.41) is 6.52. The highest BCUT2D eigenvalue weighted by atomic mass is 32.1. The minimum atomic E-state index is -0.00154. The standard InChI is InChI=1S/C17H22N4O2S/c1-2-21-7-13-5-20(17(22)15-10-24-11-18-15)6-14(16(13)19-21)9-23-8-12-3-4-12/h7,10-12,14H,2-6,8-9H2,1H3/t14-/m1/s1. The molecule has 0 spiro atoms. The number of aryl methyl sites for hydroxylation is 1. The summed E-state index contributed by atoms with van der Waals surface area (Å²) in [6, 6.07) is 0. The van der Waals surface area contributed by atoms with Gasteiger partial charge >= 0.3 is 0 Å². The van der Waals surface area contributed by atoms with Crippen LogP contribution >= 0.6 is 11.3 Å². The van der Waals surface area contributed by atoms with Crippen LogP contribution in [0.4, 0.5) is 0 Å². The molecule has 128 valence electrons. The van der Waals surface area contributed by atoms with Crippen molar-refractivity contribution in [2.75, 3.05) is 19.8 Å². The third-order valence-corrected chi connectivity index (χ3v) is 5.28. The molecule has 2 aromatic heterocycles. The minimum absolute atomic E-state index is 0.00154. The first-order valence-corrected chi connectivity index (χ1v) is 9.50. The van der Waals surface area contributed by atoms with Gasteiger partial charge in [-0.05, 0) is 25.7 Å². The predicted molar refractivity (Wildman–Crippen MR) is 91.0 cm³/mol. The Balaban J connectivity index is 1.52. The van der Waals surface area contributed by atoms with Gasteiger partial charge in [0, 0.05) is 49.3 Å². The number of thiazole rings is 1. The number of carbonyl (C=O) groups is 1. The SMILES string of the molecule is CCn1cc2c(n1)[C@@H](COCC1CC1)CN(C(=O)c1cscn1)C2. The van der Waals surface area contributed by atoms with E-state index in [1.807, 2.05) is 15.0 Å². The monoisotopic (exact) mass is 346 g/mol. The summed E-state index contributed by atoms with van der Waals surface area (Å²) in [5.74, 6) is 0.884. The van der Waals surface area contributed by atoms with Crippen LogP contribution in [0.5, 0.6) is 0 Å². The number of fused-ring (bicyclic) bond motifs is 1. The van der Waals surface area contributed by atoms with Crippen LogP contribution in [0.2, 0.25) is 0 Å². The predicted octanol–water partition coefficient (Wildman–Crippen LogP) is 2.53. The van der Waals surface area contributed by atoms with Crippen LogP contribution in [0, 0.1) is 5.92 Å². The fraction of sp³-hybridized carbons (Fsp3) is 0.588. The lowest BCUT2D eigenvalue weighted by Crippen LogP contribution is -2.39. The Labute approximate surface area is 145 Å². The molecule has 2 aliphatic rings. The van der Waals surface area contributed by atoms with Gasteiger partial charge < -0.3 is 9.64 Å². The topological polar surface area (TPSA) is 60.2 Å². The minimum Gasteiger partial charge on any atom is -0.380 e. The molecule has 1 fully saturated rings. The number of nitrogens with zero attached hydrogens (tertiary/aromatic N) is 4. The normalized spacial score (nSPS) is 20.2. The maximum absolute atomic E-state index is 12.7. The van der Waals surface area contributed by atoms with Gasteiger partial charge in [0.2, 0.25) is 0 Å². The largest absolute Gasteiger partial charge is 0.380 e. The Hall–Kier alpha value is -1.73. The van der Waals surface area contributed by atoms with Gasteiger partial charge in [0.1, 0.15) is 5.69 Å². The first kappa shape index (κ1) is 15.8. The van der Waals surface area contributed by atoms with Crippen molar-refractivity contribution in [3.8, 4) is 0 Å². The first-order chi connectivity index (χ1) is 11.7. The smallest absolute Gasteiger partial charge is 0.273 e. The third kappa shape index (κ3) is 3.23. The number of aromatic nitrogens is 3. The first-order valence-electron chi connectivity index (χ1n) is 8.56. The van der Waals surface area contributed by atoms with Crippen LogP contribution in [-0.4, -0.2) is 45.3 Å². The molecule has 4 rings (SSSR count). The van der Waals surface area contributed by atoms with E-state index < -0.39 is 0 Å². The Kier molecular flexibility index (Phi) is 4.37. The summed E-state index contributed by atoms with van der Waals surface area (Å²) in [4.78, 5) is 18.7. The highest BCUT2D eigenvalue weighted by Crippen LogP contribution is 2.31. The van der Waals surface area contributed by atoms with Gasteiger partial charge in [-0.15, -0.1) is 11.3 Å². The van der Waals surface area contributed by atoms with E-state index in [9.17, 15) is 4.79 Å². The molecule has 0 saturated heterocycles. The van der Waals surface area contributed by atoms with Crippen LogP contribution in [-0.2, 0) is 17.8 Å². The van der Waals surface area contributed by atoms with Gasteiger partial charge in [-0.25, -0.2) is 4.98 Å². The molecule has 0 N–H and O–H groups in total. The number of hydrogen-bond acceptors (Lipinski definition) is 5. The van der Waals surface area contributed by atoms with Crippen molar-refractivity contribution in [2.24, 2.45) is 5.92 Å². The van der Waals surface area contributed by atoms with Crippen molar-refractivity contribution in [1.82, 2.24) is 19.7 Å². The second-order valence-electron chi connectivity index (χ2n) is 6.63. The molecule has 3 heterocycles. The average Bonchev–Trinajstić information content (AvgIpc) is 3.11.